The molecular formula is C26H26ClN5O4. The van der Waals surface area contributed by atoms with Gasteiger partial charge in [0.15, 0.2) is 0 Å². The molecular weight excluding hydrogens is 482 g/mol. The molecule has 36 heavy (non-hydrogen) atoms. The first-order valence-electron chi connectivity index (χ1n) is 11.3. The summed E-state index contributed by atoms with van der Waals surface area (Å²) in [6.45, 7) is 4.09. The first kappa shape index (κ1) is 25.2. The topological polar surface area (TPSA) is 118 Å². The van der Waals surface area contributed by atoms with Gasteiger partial charge in [-0.2, -0.15) is 0 Å². The van der Waals surface area contributed by atoms with E-state index in [9.17, 15) is 9.90 Å². The van der Waals surface area contributed by atoms with Gasteiger partial charge in [-0.15, -0.1) is 0 Å². The summed E-state index contributed by atoms with van der Waals surface area (Å²) in [5.74, 6) is 1.18. The molecule has 1 amide bonds. The number of halogens is 1. The third-order valence-corrected chi connectivity index (χ3v) is 5.47. The lowest BCUT2D eigenvalue weighted by atomic mass is 10.2. The summed E-state index contributed by atoms with van der Waals surface area (Å²) in [5, 5.41) is 16.3. The van der Waals surface area contributed by atoms with Gasteiger partial charge in [0.1, 0.15) is 43.0 Å². The van der Waals surface area contributed by atoms with E-state index in [-0.39, 0.29) is 13.2 Å². The van der Waals surface area contributed by atoms with Crippen LogP contribution in [0.15, 0.2) is 60.9 Å². The maximum Gasteiger partial charge on any atom is 0.248 e. The summed E-state index contributed by atoms with van der Waals surface area (Å²) in [7, 11) is 0. The molecule has 4 aromatic rings. The van der Waals surface area contributed by atoms with Crippen molar-refractivity contribution in [2.24, 2.45) is 0 Å². The standard InChI is InChI=1S/C26H26ClN5O4/c1-16-5-3-6-19(31-16)14-36-22-10-9-18(13-20(22)27)32-25-24-21(29-15-30-25)7-4-8-23(24)35-12-11-28-26(34)17(2)33/h3-10,13,15,17,33H,11-12,14H2,1-2H3,(H,28,34)(H,29,30,32). The van der Waals surface area contributed by atoms with E-state index in [1.807, 2.05) is 43.3 Å². The zero-order valence-electron chi connectivity index (χ0n) is 19.9. The zero-order valence-corrected chi connectivity index (χ0v) is 20.6. The van der Waals surface area contributed by atoms with Gasteiger partial charge < -0.3 is 25.2 Å². The van der Waals surface area contributed by atoms with Gasteiger partial charge in [-0.25, -0.2) is 9.97 Å². The first-order valence-corrected chi connectivity index (χ1v) is 11.7. The second-order valence-electron chi connectivity index (χ2n) is 8.02. The highest BCUT2D eigenvalue weighted by atomic mass is 35.5. The number of aromatic nitrogens is 3. The summed E-state index contributed by atoms with van der Waals surface area (Å²) >= 11 is 6.48. The Hall–Kier alpha value is -3.95. The Labute approximate surface area is 213 Å². The lowest BCUT2D eigenvalue weighted by Gasteiger charge is -2.14. The van der Waals surface area contributed by atoms with E-state index in [2.05, 4.69) is 25.6 Å². The molecule has 3 N–H and O–H groups in total. The van der Waals surface area contributed by atoms with Gasteiger partial charge in [0.25, 0.3) is 0 Å². The van der Waals surface area contributed by atoms with Crippen molar-refractivity contribution in [3.05, 3.63) is 77.3 Å². The van der Waals surface area contributed by atoms with Crippen LogP contribution in [-0.2, 0) is 11.4 Å². The van der Waals surface area contributed by atoms with E-state index in [1.54, 1.807) is 18.2 Å². The van der Waals surface area contributed by atoms with Crippen LogP contribution < -0.4 is 20.1 Å². The summed E-state index contributed by atoms with van der Waals surface area (Å²) in [4.78, 5) is 24.7. The molecule has 2 heterocycles. The minimum atomic E-state index is -1.07. The molecule has 0 bridgehead atoms. The Kier molecular flexibility index (Phi) is 8.14. The average Bonchev–Trinajstić information content (AvgIpc) is 2.86. The average molecular weight is 508 g/mol. The van der Waals surface area contributed by atoms with Crippen LogP contribution in [0.2, 0.25) is 5.02 Å². The van der Waals surface area contributed by atoms with Crippen molar-refractivity contribution in [2.45, 2.75) is 26.6 Å². The number of nitrogens with one attached hydrogen (secondary N) is 2. The molecule has 0 aliphatic rings. The van der Waals surface area contributed by atoms with E-state index in [4.69, 9.17) is 21.1 Å². The highest BCUT2D eigenvalue weighted by Gasteiger charge is 2.13. The number of amides is 1. The molecule has 0 saturated heterocycles. The van der Waals surface area contributed by atoms with Gasteiger partial charge >= 0.3 is 0 Å². The summed E-state index contributed by atoms with van der Waals surface area (Å²) in [6.07, 6.45) is 0.389. The molecule has 0 aliphatic heterocycles. The number of rotatable bonds is 10. The Morgan fingerprint density at radius 3 is 2.69 bits per heavy atom. The number of carbonyl (C=O) groups excluding carboxylic acids is 1. The maximum absolute atomic E-state index is 11.5. The minimum absolute atomic E-state index is 0.208. The number of hydrogen-bond acceptors (Lipinski definition) is 8. The second-order valence-corrected chi connectivity index (χ2v) is 8.42. The number of carbonyl (C=O) groups is 1. The number of fused-ring (bicyclic) bond motifs is 1. The van der Waals surface area contributed by atoms with Crippen molar-refractivity contribution in [3.8, 4) is 11.5 Å². The largest absolute Gasteiger partial charge is 0.491 e. The van der Waals surface area contributed by atoms with Crippen LogP contribution in [0.4, 0.5) is 11.5 Å². The maximum atomic E-state index is 11.5. The Morgan fingerprint density at radius 1 is 1.08 bits per heavy atom. The molecule has 186 valence electrons. The van der Waals surface area contributed by atoms with E-state index in [1.165, 1.54) is 13.3 Å². The van der Waals surface area contributed by atoms with Gasteiger partial charge in [-0.3, -0.25) is 9.78 Å². The molecule has 2 aromatic heterocycles. The molecule has 9 nitrogen and oxygen atoms in total. The van der Waals surface area contributed by atoms with E-state index in [0.717, 1.165) is 11.4 Å². The van der Waals surface area contributed by atoms with Crippen LogP contribution in [0.3, 0.4) is 0 Å². The van der Waals surface area contributed by atoms with Crippen molar-refractivity contribution >= 4 is 39.9 Å². The third kappa shape index (κ3) is 6.38. The second kappa shape index (κ2) is 11.7. The SMILES string of the molecule is Cc1cccc(COc2ccc(Nc3ncnc4cccc(OCCNC(=O)C(C)O)c34)cc2Cl)n1. The molecule has 4 rings (SSSR count). The number of ether oxygens (including phenoxy) is 2. The van der Waals surface area contributed by atoms with Crippen LogP contribution in [-0.4, -0.2) is 45.2 Å². The summed E-state index contributed by atoms with van der Waals surface area (Å²) in [6, 6.07) is 16.6. The van der Waals surface area contributed by atoms with Crippen LogP contribution in [0.5, 0.6) is 11.5 Å². The number of aliphatic hydroxyl groups is 1. The smallest absolute Gasteiger partial charge is 0.248 e. The number of pyridine rings is 1. The number of benzene rings is 2. The number of aliphatic hydroxyl groups excluding tert-OH is 1. The molecule has 10 heteroatoms. The van der Waals surface area contributed by atoms with Crippen molar-refractivity contribution in [1.29, 1.82) is 0 Å². The highest BCUT2D eigenvalue weighted by molar-refractivity contribution is 6.32. The lowest BCUT2D eigenvalue weighted by molar-refractivity contribution is -0.128. The first-order chi connectivity index (χ1) is 17.4. The lowest BCUT2D eigenvalue weighted by Crippen LogP contribution is -2.35. The molecule has 1 atom stereocenters. The van der Waals surface area contributed by atoms with Crippen LogP contribution in [0, 0.1) is 6.92 Å². The third-order valence-electron chi connectivity index (χ3n) is 5.18. The number of hydrogen-bond donors (Lipinski definition) is 3. The number of anilines is 2. The normalized spacial score (nSPS) is 11.7. The van der Waals surface area contributed by atoms with Gasteiger partial charge in [-0.1, -0.05) is 23.7 Å². The van der Waals surface area contributed by atoms with Gasteiger partial charge in [0.05, 0.1) is 28.2 Å². The van der Waals surface area contributed by atoms with Crippen molar-refractivity contribution in [2.75, 3.05) is 18.5 Å². The fourth-order valence-corrected chi connectivity index (χ4v) is 3.68. The van der Waals surface area contributed by atoms with Crippen molar-refractivity contribution in [1.82, 2.24) is 20.3 Å². The molecule has 2 aromatic carbocycles. The summed E-state index contributed by atoms with van der Waals surface area (Å²) < 4.78 is 11.7. The molecule has 0 fully saturated rings. The van der Waals surface area contributed by atoms with E-state index in [0.29, 0.717) is 45.5 Å². The van der Waals surface area contributed by atoms with Gasteiger partial charge in [0, 0.05) is 11.4 Å². The van der Waals surface area contributed by atoms with Crippen molar-refractivity contribution in [3.63, 3.8) is 0 Å². The minimum Gasteiger partial charge on any atom is -0.491 e. The molecule has 0 spiro atoms. The highest BCUT2D eigenvalue weighted by Crippen LogP contribution is 2.34. The monoisotopic (exact) mass is 507 g/mol. The van der Waals surface area contributed by atoms with Crippen molar-refractivity contribution < 1.29 is 19.4 Å². The van der Waals surface area contributed by atoms with Crippen LogP contribution in [0.25, 0.3) is 10.9 Å². The van der Waals surface area contributed by atoms with E-state index >= 15 is 0 Å². The Morgan fingerprint density at radius 2 is 1.92 bits per heavy atom. The molecule has 0 aliphatic carbocycles. The summed E-state index contributed by atoms with van der Waals surface area (Å²) in [5.41, 5.74) is 3.14. The predicted octanol–water partition coefficient (Wildman–Crippen LogP) is 4.19. The predicted molar refractivity (Wildman–Crippen MR) is 138 cm³/mol. The van der Waals surface area contributed by atoms with E-state index < -0.39 is 12.0 Å². The molecule has 1 unspecified atom stereocenters. The molecule has 0 saturated carbocycles. The quantitative estimate of drug-likeness (QED) is 0.273. The number of aryl methyl sites for hydroxylation is 1. The fraction of sp³-hybridized carbons (Fsp3) is 0.231. The Bertz CT molecular complexity index is 1360. The van der Waals surface area contributed by atoms with Gasteiger partial charge in [-0.05, 0) is 56.3 Å². The van der Waals surface area contributed by atoms with Gasteiger partial charge in [0.2, 0.25) is 5.91 Å². The van der Waals surface area contributed by atoms with Crippen LogP contribution in [0.1, 0.15) is 18.3 Å². The zero-order chi connectivity index (χ0) is 25.5. The Balaban J connectivity index is 1.47. The van der Waals surface area contributed by atoms with Crippen LogP contribution >= 0.6 is 11.6 Å². The number of nitrogens with zero attached hydrogens (tertiary/aromatic N) is 3. The fourth-order valence-electron chi connectivity index (χ4n) is 3.44. The molecule has 0 radical (unpaired) electrons.